The van der Waals surface area contributed by atoms with Crippen LogP contribution >= 0.6 is 39.1 Å². The van der Waals surface area contributed by atoms with Crippen LogP contribution in [0.5, 0.6) is 0 Å². The Morgan fingerprint density at radius 2 is 2.17 bits per heavy atom. The van der Waals surface area contributed by atoms with Gasteiger partial charge in [0.2, 0.25) is 0 Å². The van der Waals surface area contributed by atoms with Gasteiger partial charge in [-0.15, -0.1) is 0 Å². The summed E-state index contributed by atoms with van der Waals surface area (Å²) in [6.45, 7) is 1.96. The van der Waals surface area contributed by atoms with Crippen LogP contribution in [0.2, 0.25) is 0 Å². The molecule has 6 heteroatoms. The monoisotopic (exact) mass is 418 g/mol. The first-order valence-electron chi connectivity index (χ1n) is 7.40. The minimum atomic E-state index is -0.828. The summed E-state index contributed by atoms with van der Waals surface area (Å²) in [5.41, 5.74) is 1.05. The van der Waals surface area contributed by atoms with Gasteiger partial charge in [-0.2, -0.15) is 0 Å². The molecule has 1 aromatic rings. The van der Waals surface area contributed by atoms with Crippen LogP contribution < -0.4 is 0 Å². The summed E-state index contributed by atoms with van der Waals surface area (Å²) in [5.74, 6) is -1.79. The third-order valence-electron chi connectivity index (χ3n) is 3.98. The smallest absolute Gasteiger partial charge is 0.317 e. The Morgan fingerprint density at radius 3 is 2.78 bits per heavy atom. The fourth-order valence-corrected chi connectivity index (χ4v) is 3.78. The lowest BCUT2D eigenvalue weighted by Gasteiger charge is -2.32. The lowest BCUT2D eigenvalue weighted by atomic mass is 9.71. The fourth-order valence-electron chi connectivity index (χ4n) is 3.04. The Kier molecular flexibility index (Phi) is 6.69. The molecule has 1 aliphatic carbocycles. The first-order valence-corrected chi connectivity index (χ1v) is 8.95. The van der Waals surface area contributed by atoms with E-state index in [4.69, 9.17) is 27.9 Å². The van der Waals surface area contributed by atoms with Crippen molar-refractivity contribution in [3.05, 3.63) is 44.9 Å². The molecular weight excluding hydrogens is 403 g/mol. The second kappa shape index (κ2) is 8.32. The largest absolute Gasteiger partial charge is 0.465 e. The van der Waals surface area contributed by atoms with Crippen molar-refractivity contribution in [3.63, 3.8) is 0 Å². The zero-order chi connectivity index (χ0) is 17.0. The molecule has 1 aliphatic rings. The molecule has 0 bridgehead atoms. The van der Waals surface area contributed by atoms with E-state index in [1.807, 2.05) is 24.3 Å². The van der Waals surface area contributed by atoms with E-state index in [9.17, 15) is 9.59 Å². The summed E-state index contributed by atoms with van der Waals surface area (Å²) in [7, 11) is 0. The van der Waals surface area contributed by atoms with Crippen LogP contribution in [0.1, 0.15) is 31.2 Å². The average molecular weight is 420 g/mol. The fraction of sp³-hybridized carbons (Fsp3) is 0.412. The van der Waals surface area contributed by atoms with Crippen molar-refractivity contribution >= 4 is 50.9 Å². The van der Waals surface area contributed by atoms with Crippen LogP contribution in [0.15, 0.2) is 39.3 Å². The molecule has 1 saturated carbocycles. The highest BCUT2D eigenvalue weighted by Gasteiger charge is 2.41. The van der Waals surface area contributed by atoms with Crippen molar-refractivity contribution in [1.82, 2.24) is 0 Å². The molecule has 124 valence electrons. The Hall–Kier alpha value is -0.840. The number of hydrogen-bond acceptors (Lipinski definition) is 3. The summed E-state index contributed by atoms with van der Waals surface area (Å²) in [5, 5.41) is 0. The maximum absolute atomic E-state index is 12.5. The maximum atomic E-state index is 12.5. The number of rotatable bonds is 4. The number of Topliss-reactive ketones (excluding diaryl/α,β-unsaturated/α-hetero) is 1. The Balaban J connectivity index is 2.29. The molecule has 0 unspecified atom stereocenters. The summed E-state index contributed by atoms with van der Waals surface area (Å²) in [6, 6.07) is 7.84. The van der Waals surface area contributed by atoms with Crippen molar-refractivity contribution in [2.75, 3.05) is 6.61 Å². The molecule has 2 rings (SSSR count). The maximum Gasteiger partial charge on any atom is 0.317 e. The minimum Gasteiger partial charge on any atom is -0.465 e. The van der Waals surface area contributed by atoms with Crippen LogP contribution in [0, 0.1) is 11.8 Å². The molecular formula is C17H17BrCl2O3. The van der Waals surface area contributed by atoms with Gasteiger partial charge in [0.1, 0.15) is 16.2 Å². The van der Waals surface area contributed by atoms with Gasteiger partial charge in [-0.1, -0.05) is 51.3 Å². The molecule has 0 saturated heterocycles. The molecule has 0 aromatic heterocycles. The lowest BCUT2D eigenvalue weighted by Crippen LogP contribution is -2.38. The van der Waals surface area contributed by atoms with Gasteiger partial charge in [-0.05, 0) is 43.0 Å². The van der Waals surface area contributed by atoms with E-state index in [2.05, 4.69) is 15.9 Å². The van der Waals surface area contributed by atoms with Gasteiger partial charge in [-0.3, -0.25) is 9.59 Å². The van der Waals surface area contributed by atoms with Crippen LogP contribution in [0.4, 0.5) is 0 Å². The highest BCUT2D eigenvalue weighted by molar-refractivity contribution is 9.10. The number of allylic oxidation sites excluding steroid dienone is 1. The summed E-state index contributed by atoms with van der Waals surface area (Å²) < 4.78 is 6.06. The van der Waals surface area contributed by atoms with Gasteiger partial charge in [0.05, 0.1) is 6.61 Å². The third kappa shape index (κ3) is 4.82. The van der Waals surface area contributed by atoms with Crippen molar-refractivity contribution in [1.29, 1.82) is 0 Å². The zero-order valence-electron chi connectivity index (χ0n) is 12.6. The number of ketones is 1. The number of esters is 1. The van der Waals surface area contributed by atoms with E-state index >= 15 is 0 Å². The number of ether oxygens (including phenoxy) is 1. The minimum absolute atomic E-state index is 0.0274. The van der Waals surface area contributed by atoms with Crippen LogP contribution in [-0.4, -0.2) is 18.4 Å². The third-order valence-corrected chi connectivity index (χ3v) is 4.73. The number of halogens is 3. The van der Waals surface area contributed by atoms with Gasteiger partial charge in [0, 0.05) is 16.8 Å². The van der Waals surface area contributed by atoms with E-state index < -0.39 is 11.9 Å². The summed E-state index contributed by atoms with van der Waals surface area (Å²) >= 11 is 15.0. The van der Waals surface area contributed by atoms with E-state index in [1.165, 1.54) is 0 Å². The zero-order valence-corrected chi connectivity index (χ0v) is 15.7. The van der Waals surface area contributed by atoms with Crippen molar-refractivity contribution < 1.29 is 14.3 Å². The van der Waals surface area contributed by atoms with Crippen molar-refractivity contribution in [2.24, 2.45) is 11.8 Å². The van der Waals surface area contributed by atoms with Gasteiger partial charge >= 0.3 is 5.97 Å². The van der Waals surface area contributed by atoms with Gasteiger partial charge < -0.3 is 4.74 Å². The summed E-state index contributed by atoms with van der Waals surface area (Å²) in [4.78, 5) is 24.7. The SMILES string of the molecule is CCOC(=O)[C@@H]1C(=O)C[C@H](c2cccc(Br)c2)C[C@H]1C=C(Cl)Cl. The number of carbonyl (C=O) groups is 2. The van der Waals surface area contributed by atoms with Crippen molar-refractivity contribution in [3.8, 4) is 0 Å². The first-order chi connectivity index (χ1) is 10.9. The Morgan fingerprint density at radius 1 is 1.43 bits per heavy atom. The summed E-state index contributed by atoms with van der Waals surface area (Å²) in [6.07, 6.45) is 2.51. The normalized spacial score (nSPS) is 24.2. The molecule has 23 heavy (non-hydrogen) atoms. The number of hydrogen-bond donors (Lipinski definition) is 0. The van der Waals surface area contributed by atoms with Gasteiger partial charge in [-0.25, -0.2) is 0 Å². The molecule has 1 fully saturated rings. The molecule has 3 atom stereocenters. The molecule has 0 N–H and O–H groups in total. The van der Waals surface area contributed by atoms with Crippen molar-refractivity contribution in [2.45, 2.75) is 25.7 Å². The van der Waals surface area contributed by atoms with E-state index in [0.717, 1.165) is 10.0 Å². The molecule has 0 amide bonds. The molecule has 0 aliphatic heterocycles. The van der Waals surface area contributed by atoms with E-state index in [-0.39, 0.29) is 28.7 Å². The standard InChI is InChI=1S/C17H17BrCl2O3/c1-2-23-17(22)16-12(9-15(19)20)6-11(8-14(16)21)10-4-3-5-13(18)7-10/h3-5,7,9,11-12,16H,2,6,8H2,1H3/t11-,12+,16+/m1/s1. The first kappa shape index (κ1) is 18.5. The predicted octanol–water partition coefficient (Wildman–Crippen LogP) is 5.01. The molecule has 0 radical (unpaired) electrons. The van der Waals surface area contributed by atoms with E-state index in [0.29, 0.717) is 12.8 Å². The van der Waals surface area contributed by atoms with Gasteiger partial charge in [0.25, 0.3) is 0 Å². The molecule has 1 aromatic carbocycles. The Labute approximate surface area is 154 Å². The quantitative estimate of drug-likeness (QED) is 0.508. The molecule has 0 heterocycles. The van der Waals surface area contributed by atoms with Crippen LogP contribution in [0.25, 0.3) is 0 Å². The lowest BCUT2D eigenvalue weighted by molar-refractivity contribution is -0.154. The molecule has 3 nitrogen and oxygen atoms in total. The highest BCUT2D eigenvalue weighted by Crippen LogP contribution is 2.40. The number of carbonyl (C=O) groups excluding carboxylic acids is 2. The highest BCUT2D eigenvalue weighted by atomic mass is 79.9. The average Bonchev–Trinajstić information content (AvgIpc) is 2.46. The van der Waals surface area contributed by atoms with E-state index in [1.54, 1.807) is 13.0 Å². The topological polar surface area (TPSA) is 43.4 Å². The predicted molar refractivity (Wildman–Crippen MR) is 94.5 cm³/mol. The Bertz CT molecular complexity index is 626. The van der Waals surface area contributed by atoms with Crippen LogP contribution in [0.3, 0.4) is 0 Å². The second-order valence-electron chi connectivity index (χ2n) is 5.51. The van der Waals surface area contributed by atoms with Crippen LogP contribution in [-0.2, 0) is 14.3 Å². The van der Waals surface area contributed by atoms with Gasteiger partial charge in [0.15, 0.2) is 0 Å². The second-order valence-corrected chi connectivity index (χ2v) is 7.43. The number of benzene rings is 1. The molecule has 0 spiro atoms.